The molecular weight excluding hydrogens is 454 g/mol. The molecule has 0 saturated heterocycles. The molecule has 0 bridgehead atoms. The Kier molecular flexibility index (Phi) is 8.72. The third-order valence-electron chi connectivity index (χ3n) is 3.24. The van der Waals surface area contributed by atoms with Gasteiger partial charge in [-0.2, -0.15) is 0 Å². The van der Waals surface area contributed by atoms with Crippen molar-refractivity contribution in [3.8, 4) is 0 Å². The molecule has 1 aliphatic rings. The highest BCUT2D eigenvalue weighted by Crippen LogP contribution is 2.53. The van der Waals surface area contributed by atoms with E-state index in [4.69, 9.17) is 28.0 Å². The van der Waals surface area contributed by atoms with Gasteiger partial charge in [0.25, 0.3) is 5.91 Å². The van der Waals surface area contributed by atoms with Gasteiger partial charge in [0.2, 0.25) is 0 Å². The van der Waals surface area contributed by atoms with Gasteiger partial charge >= 0.3 is 5.97 Å². The number of carboxylic acid groups (broad SMARTS) is 1. The van der Waals surface area contributed by atoms with Crippen LogP contribution < -0.4 is 5.09 Å². The summed E-state index contributed by atoms with van der Waals surface area (Å²) in [4.78, 5) is 29.3. The van der Waals surface area contributed by atoms with Crippen LogP contribution in [0.4, 0.5) is 0 Å². The number of nitrogens with zero attached hydrogens (tertiary/aromatic N) is 1. The topological polar surface area (TPSA) is 108 Å². The van der Waals surface area contributed by atoms with Crippen LogP contribution in [0.2, 0.25) is 10.0 Å². The van der Waals surface area contributed by atoms with E-state index in [1.807, 2.05) is 9.39 Å². The normalized spacial score (nSPS) is 18.1. The SMILES string of the molecule is O=C(O)CC(/C=N/OCC(=O)NP)=C1/Sc2c(Cl)ccc(Cl)c2SC1CO. The maximum atomic E-state index is 11.3. The first kappa shape index (κ1) is 22.3. The fourth-order valence-corrected chi connectivity index (χ4v) is 5.46. The lowest BCUT2D eigenvalue weighted by Crippen LogP contribution is -2.18. The van der Waals surface area contributed by atoms with Gasteiger partial charge in [-0.15, -0.1) is 11.8 Å². The quantitative estimate of drug-likeness (QED) is 0.320. The van der Waals surface area contributed by atoms with Gasteiger partial charge in [0, 0.05) is 14.7 Å². The number of oxime groups is 1. The number of aliphatic hydroxyl groups is 1. The zero-order chi connectivity index (χ0) is 20.0. The number of benzene rings is 1. The summed E-state index contributed by atoms with van der Waals surface area (Å²) in [6.45, 7) is -0.548. The molecule has 0 spiro atoms. The molecule has 2 unspecified atom stereocenters. The minimum absolute atomic E-state index is 0.234. The first-order valence-corrected chi connectivity index (χ1v) is 10.4. The van der Waals surface area contributed by atoms with E-state index in [2.05, 4.69) is 10.2 Å². The molecule has 0 fully saturated rings. The van der Waals surface area contributed by atoms with Gasteiger partial charge in [-0.25, -0.2) is 0 Å². The Morgan fingerprint density at radius 3 is 2.59 bits per heavy atom. The summed E-state index contributed by atoms with van der Waals surface area (Å²) >= 11 is 15.0. The van der Waals surface area contributed by atoms with Crippen molar-refractivity contribution in [1.29, 1.82) is 0 Å². The number of aliphatic hydroxyl groups excluding tert-OH is 1. The maximum Gasteiger partial charge on any atom is 0.307 e. The summed E-state index contributed by atoms with van der Waals surface area (Å²) in [7, 11) is 2.04. The van der Waals surface area contributed by atoms with Crippen molar-refractivity contribution < 1.29 is 24.6 Å². The van der Waals surface area contributed by atoms with Gasteiger partial charge in [-0.3, -0.25) is 9.59 Å². The molecule has 2 rings (SSSR count). The van der Waals surface area contributed by atoms with E-state index >= 15 is 0 Å². The van der Waals surface area contributed by atoms with E-state index in [-0.39, 0.29) is 19.6 Å². The number of carboxylic acids is 1. The van der Waals surface area contributed by atoms with E-state index in [9.17, 15) is 19.8 Å². The second kappa shape index (κ2) is 10.5. The fourth-order valence-electron chi connectivity index (χ4n) is 2.08. The van der Waals surface area contributed by atoms with Crippen LogP contribution in [0.15, 0.2) is 37.6 Å². The standard InChI is InChI=1S/C15H15Cl2N2O5PS2/c16-8-1-2-9(17)15-14(8)26-10(5-20)13(27-15)7(3-12(22)23)4-18-24-6-11(21)19-25/h1-2,4,10,20H,3,5-6,25H2,(H,19,21)(H,22,23)/b13-7-,18-4+. The number of fused-ring (bicyclic) bond motifs is 1. The summed E-state index contributed by atoms with van der Waals surface area (Å²) in [5.74, 6) is -1.48. The van der Waals surface area contributed by atoms with Crippen molar-refractivity contribution in [2.45, 2.75) is 21.5 Å². The third-order valence-corrected chi connectivity index (χ3v) is 7.42. The molecule has 0 saturated carbocycles. The number of hydrogen-bond donors (Lipinski definition) is 3. The Morgan fingerprint density at radius 1 is 1.33 bits per heavy atom. The number of carbonyl (C=O) groups excluding carboxylic acids is 1. The Hall–Kier alpha value is -0.960. The summed E-state index contributed by atoms with van der Waals surface area (Å²) in [6.07, 6.45) is 0.898. The van der Waals surface area contributed by atoms with Crippen LogP contribution in [0.5, 0.6) is 0 Å². The zero-order valence-electron chi connectivity index (χ0n) is 13.6. The molecule has 146 valence electrons. The Balaban J connectivity index is 2.39. The highest BCUT2D eigenvalue weighted by molar-refractivity contribution is 8.09. The highest BCUT2D eigenvalue weighted by Gasteiger charge is 2.30. The number of hydrogen-bond acceptors (Lipinski definition) is 7. The van der Waals surface area contributed by atoms with E-state index in [0.717, 1.165) is 4.90 Å². The number of rotatable bonds is 7. The number of halogens is 2. The van der Waals surface area contributed by atoms with Crippen molar-refractivity contribution in [3.63, 3.8) is 0 Å². The monoisotopic (exact) mass is 468 g/mol. The van der Waals surface area contributed by atoms with Crippen LogP contribution in [0, 0.1) is 0 Å². The minimum atomic E-state index is -1.07. The predicted molar refractivity (Wildman–Crippen MR) is 111 cm³/mol. The number of aliphatic carboxylic acids is 1. The van der Waals surface area contributed by atoms with Crippen LogP contribution >= 0.6 is 56.1 Å². The van der Waals surface area contributed by atoms with Crippen molar-refractivity contribution in [1.82, 2.24) is 5.09 Å². The molecule has 1 aromatic carbocycles. The average molecular weight is 469 g/mol. The molecule has 1 aromatic rings. The predicted octanol–water partition coefficient (Wildman–Crippen LogP) is 3.19. The van der Waals surface area contributed by atoms with E-state index in [1.54, 1.807) is 12.1 Å². The summed E-state index contributed by atoms with van der Waals surface area (Å²) < 4.78 is 0. The fraction of sp³-hybridized carbons (Fsp3) is 0.267. The van der Waals surface area contributed by atoms with Gasteiger partial charge in [-0.05, 0) is 27.1 Å². The molecule has 0 radical (unpaired) electrons. The first-order valence-electron chi connectivity index (χ1n) is 7.40. The van der Waals surface area contributed by atoms with E-state index in [0.29, 0.717) is 25.4 Å². The van der Waals surface area contributed by atoms with Gasteiger partial charge < -0.3 is 20.1 Å². The lowest BCUT2D eigenvalue weighted by Gasteiger charge is -2.28. The second-order valence-corrected chi connectivity index (χ2v) is 8.48. The van der Waals surface area contributed by atoms with Crippen molar-refractivity contribution in [3.05, 3.63) is 32.7 Å². The number of nitrogens with one attached hydrogen (secondary N) is 1. The molecule has 2 atom stereocenters. The van der Waals surface area contributed by atoms with Crippen molar-refractivity contribution in [2.24, 2.45) is 5.16 Å². The molecule has 1 aliphatic heterocycles. The Labute approximate surface area is 176 Å². The molecular formula is C15H15Cl2N2O5PS2. The maximum absolute atomic E-state index is 11.3. The smallest absolute Gasteiger partial charge is 0.307 e. The largest absolute Gasteiger partial charge is 0.481 e. The summed E-state index contributed by atoms with van der Waals surface area (Å²) in [5.41, 5.74) is 0.340. The van der Waals surface area contributed by atoms with Crippen LogP contribution in [-0.4, -0.2) is 46.8 Å². The van der Waals surface area contributed by atoms with Crippen LogP contribution in [0.1, 0.15) is 6.42 Å². The second-order valence-electron chi connectivity index (χ2n) is 5.11. The van der Waals surface area contributed by atoms with Gasteiger partial charge in [0.15, 0.2) is 6.61 Å². The first-order chi connectivity index (χ1) is 12.9. The van der Waals surface area contributed by atoms with Crippen LogP contribution in [0.25, 0.3) is 0 Å². The van der Waals surface area contributed by atoms with E-state index < -0.39 is 17.1 Å². The van der Waals surface area contributed by atoms with Crippen LogP contribution in [-0.2, 0) is 14.4 Å². The molecule has 12 heteroatoms. The Bertz CT molecular complexity index is 807. The number of thioether (sulfide) groups is 2. The lowest BCUT2D eigenvalue weighted by molar-refractivity contribution is -0.136. The number of amides is 1. The summed E-state index contributed by atoms with van der Waals surface area (Å²) in [5, 5.41) is 25.5. The highest BCUT2D eigenvalue weighted by atomic mass is 35.5. The van der Waals surface area contributed by atoms with E-state index in [1.165, 1.54) is 29.7 Å². The zero-order valence-corrected chi connectivity index (χ0v) is 17.9. The minimum Gasteiger partial charge on any atom is -0.481 e. The molecule has 27 heavy (non-hydrogen) atoms. The average Bonchev–Trinajstić information content (AvgIpc) is 2.65. The Morgan fingerprint density at radius 2 is 2.00 bits per heavy atom. The molecule has 3 N–H and O–H groups in total. The number of carbonyl (C=O) groups is 2. The van der Waals surface area contributed by atoms with Crippen molar-refractivity contribution in [2.75, 3.05) is 13.2 Å². The van der Waals surface area contributed by atoms with Crippen molar-refractivity contribution >= 4 is 74.2 Å². The van der Waals surface area contributed by atoms with Gasteiger partial charge in [-0.1, -0.05) is 40.1 Å². The van der Waals surface area contributed by atoms with Gasteiger partial charge in [0.05, 0.1) is 34.5 Å². The summed E-state index contributed by atoms with van der Waals surface area (Å²) in [6, 6.07) is 3.33. The molecule has 1 amide bonds. The van der Waals surface area contributed by atoms with Gasteiger partial charge in [0.1, 0.15) is 0 Å². The molecule has 7 nitrogen and oxygen atoms in total. The van der Waals surface area contributed by atoms with Crippen LogP contribution in [0.3, 0.4) is 0 Å². The molecule has 0 aromatic heterocycles. The lowest BCUT2D eigenvalue weighted by atomic mass is 10.1. The third kappa shape index (κ3) is 6.01. The molecule has 0 aliphatic carbocycles. The molecule has 1 heterocycles.